The maximum Gasteiger partial charge on any atom is 0.292 e. The monoisotopic (exact) mass is 300 g/mol. The normalized spacial score (nSPS) is 21.7. The molecule has 0 saturated carbocycles. The Hall–Kier alpha value is -2.57. The molecule has 0 atom stereocenters. The molecule has 0 unspecified atom stereocenters. The predicted molar refractivity (Wildman–Crippen MR) is 82.2 cm³/mol. The summed E-state index contributed by atoms with van der Waals surface area (Å²) in [5.41, 5.74) is 2.04. The average molecular weight is 300 g/mol. The smallest absolute Gasteiger partial charge is 0.292 e. The van der Waals surface area contributed by atoms with Crippen molar-refractivity contribution in [2.75, 3.05) is 13.2 Å². The molecule has 114 valence electrons. The van der Waals surface area contributed by atoms with Crippen molar-refractivity contribution in [2.24, 2.45) is 9.98 Å². The fourth-order valence-corrected chi connectivity index (χ4v) is 3.02. The number of aliphatic imine (C=N–C) groups is 2. The largest absolute Gasteiger partial charge is 0.506 e. The zero-order chi connectivity index (χ0) is 15.3. The van der Waals surface area contributed by atoms with E-state index in [1.807, 2.05) is 11.6 Å². The molecular formula is C15H16N4O3. The summed E-state index contributed by atoms with van der Waals surface area (Å²) >= 11 is 0. The Morgan fingerprint density at radius 3 is 2.95 bits per heavy atom. The van der Waals surface area contributed by atoms with Crippen LogP contribution in [0.15, 0.2) is 38.4 Å². The third-order valence-corrected chi connectivity index (χ3v) is 4.12. The molecule has 0 bridgehead atoms. The molecule has 1 aromatic rings. The topological polar surface area (TPSA) is 81.1 Å². The van der Waals surface area contributed by atoms with Crippen LogP contribution in [-0.2, 0) is 17.8 Å². The van der Waals surface area contributed by atoms with E-state index >= 15 is 0 Å². The number of aliphatic hydroxyl groups excluding tert-OH is 1. The lowest BCUT2D eigenvalue weighted by atomic mass is 10.1. The van der Waals surface area contributed by atoms with E-state index in [0.717, 1.165) is 18.7 Å². The summed E-state index contributed by atoms with van der Waals surface area (Å²) in [7, 11) is 0. The van der Waals surface area contributed by atoms with Gasteiger partial charge in [0.2, 0.25) is 0 Å². The van der Waals surface area contributed by atoms with Crippen molar-refractivity contribution in [2.45, 2.75) is 26.4 Å². The zero-order valence-corrected chi connectivity index (χ0v) is 12.2. The zero-order valence-electron chi connectivity index (χ0n) is 12.2. The quantitative estimate of drug-likeness (QED) is 0.792. The molecule has 1 aliphatic carbocycles. The van der Waals surface area contributed by atoms with Gasteiger partial charge in [0.15, 0.2) is 5.69 Å². The summed E-state index contributed by atoms with van der Waals surface area (Å²) in [5.74, 6) is 0.593. The van der Waals surface area contributed by atoms with E-state index in [2.05, 4.69) is 9.98 Å². The third kappa shape index (κ3) is 1.85. The van der Waals surface area contributed by atoms with Gasteiger partial charge in [-0.3, -0.25) is 14.5 Å². The van der Waals surface area contributed by atoms with Gasteiger partial charge in [0, 0.05) is 25.2 Å². The molecule has 0 radical (unpaired) electrons. The Bertz CT molecular complexity index is 836. The molecule has 0 amide bonds. The van der Waals surface area contributed by atoms with Crippen molar-refractivity contribution in [3.8, 4) is 0 Å². The van der Waals surface area contributed by atoms with Crippen LogP contribution in [0.1, 0.15) is 12.1 Å². The van der Waals surface area contributed by atoms with E-state index in [1.165, 1.54) is 6.08 Å². The lowest BCUT2D eigenvalue weighted by molar-refractivity contribution is 0.232. The van der Waals surface area contributed by atoms with E-state index in [-0.39, 0.29) is 11.3 Å². The van der Waals surface area contributed by atoms with Crippen LogP contribution in [0.4, 0.5) is 5.69 Å². The fourth-order valence-electron chi connectivity index (χ4n) is 3.02. The van der Waals surface area contributed by atoms with E-state index in [4.69, 9.17) is 4.74 Å². The van der Waals surface area contributed by atoms with Gasteiger partial charge in [-0.2, -0.15) is 0 Å². The summed E-state index contributed by atoms with van der Waals surface area (Å²) in [6, 6.07) is 0. The van der Waals surface area contributed by atoms with E-state index in [1.54, 1.807) is 10.8 Å². The minimum absolute atomic E-state index is 0.00293. The first-order valence-corrected chi connectivity index (χ1v) is 7.34. The molecule has 0 spiro atoms. The van der Waals surface area contributed by atoms with Crippen LogP contribution in [0.2, 0.25) is 0 Å². The average Bonchev–Trinajstić information content (AvgIpc) is 3.08. The van der Waals surface area contributed by atoms with Gasteiger partial charge in [0.05, 0.1) is 12.2 Å². The van der Waals surface area contributed by atoms with Crippen molar-refractivity contribution < 1.29 is 9.84 Å². The van der Waals surface area contributed by atoms with Crippen LogP contribution in [-0.4, -0.2) is 39.0 Å². The molecule has 0 fully saturated rings. The van der Waals surface area contributed by atoms with Gasteiger partial charge < -0.3 is 9.84 Å². The molecule has 3 heterocycles. The second kappa shape index (κ2) is 4.72. The van der Waals surface area contributed by atoms with Crippen molar-refractivity contribution in [1.29, 1.82) is 0 Å². The number of allylic oxidation sites excluding steroid dienone is 2. The summed E-state index contributed by atoms with van der Waals surface area (Å²) in [6.07, 6.45) is 4.14. The molecule has 2 aliphatic heterocycles. The number of aromatic nitrogens is 2. The van der Waals surface area contributed by atoms with E-state index < -0.39 is 0 Å². The Labute approximate surface area is 126 Å². The molecule has 4 rings (SSSR count). The first kappa shape index (κ1) is 13.1. The van der Waals surface area contributed by atoms with Crippen molar-refractivity contribution in [1.82, 2.24) is 9.36 Å². The summed E-state index contributed by atoms with van der Waals surface area (Å²) < 4.78 is 9.18. The summed E-state index contributed by atoms with van der Waals surface area (Å²) in [4.78, 5) is 21.1. The highest BCUT2D eigenvalue weighted by Gasteiger charge is 2.24. The van der Waals surface area contributed by atoms with Crippen molar-refractivity contribution in [3.05, 3.63) is 39.7 Å². The first-order valence-electron chi connectivity index (χ1n) is 7.34. The highest BCUT2D eigenvalue weighted by Crippen LogP contribution is 2.22. The molecule has 3 aliphatic rings. The number of fused-ring (bicyclic) bond motifs is 2. The van der Waals surface area contributed by atoms with Gasteiger partial charge in [-0.1, -0.05) is 0 Å². The van der Waals surface area contributed by atoms with Gasteiger partial charge in [0.1, 0.15) is 29.5 Å². The second-order valence-corrected chi connectivity index (χ2v) is 5.49. The maximum absolute atomic E-state index is 12.4. The number of nitrogens with zero attached hydrogens (tertiary/aromatic N) is 4. The van der Waals surface area contributed by atoms with Crippen LogP contribution in [0.3, 0.4) is 0 Å². The molecule has 1 aromatic heterocycles. The minimum Gasteiger partial charge on any atom is -0.506 e. The van der Waals surface area contributed by atoms with Crippen LogP contribution < -0.4 is 5.56 Å². The van der Waals surface area contributed by atoms with Gasteiger partial charge in [-0.25, -0.2) is 9.67 Å². The van der Waals surface area contributed by atoms with E-state index in [9.17, 15) is 9.90 Å². The molecule has 1 N–H and O–H groups in total. The highest BCUT2D eigenvalue weighted by molar-refractivity contribution is 6.22. The maximum atomic E-state index is 12.4. The molecule has 7 nitrogen and oxygen atoms in total. The second-order valence-electron chi connectivity index (χ2n) is 5.49. The third-order valence-electron chi connectivity index (χ3n) is 4.12. The minimum atomic E-state index is -0.113. The molecule has 7 heteroatoms. The number of aliphatic hydroxyl groups is 1. The van der Waals surface area contributed by atoms with Crippen LogP contribution >= 0.6 is 0 Å². The summed E-state index contributed by atoms with van der Waals surface area (Å²) in [5, 5.41) is 10.1. The van der Waals surface area contributed by atoms with Gasteiger partial charge in [-0.15, -0.1) is 0 Å². The molecular weight excluding hydrogens is 284 g/mol. The Balaban J connectivity index is 1.81. The molecule has 0 aromatic carbocycles. The number of hydrogen-bond acceptors (Lipinski definition) is 5. The molecule has 0 saturated heterocycles. The van der Waals surface area contributed by atoms with Gasteiger partial charge in [0.25, 0.3) is 5.56 Å². The van der Waals surface area contributed by atoms with Gasteiger partial charge >= 0.3 is 0 Å². The van der Waals surface area contributed by atoms with Gasteiger partial charge in [-0.05, 0) is 13.3 Å². The van der Waals surface area contributed by atoms with Crippen molar-refractivity contribution >= 4 is 17.1 Å². The SMILES string of the molecule is Cc1c(/N=C2\C=C3OCCN=C3C=C2O)c(=O)n2n1CCC2. The lowest BCUT2D eigenvalue weighted by Crippen LogP contribution is -2.21. The fraction of sp³-hybridized carbons (Fsp3) is 0.400. The molecule has 22 heavy (non-hydrogen) atoms. The number of ether oxygens (including phenoxy) is 1. The van der Waals surface area contributed by atoms with Crippen LogP contribution in [0.25, 0.3) is 0 Å². The lowest BCUT2D eigenvalue weighted by Gasteiger charge is -2.19. The predicted octanol–water partition coefficient (Wildman–Crippen LogP) is 1.25. The number of hydrogen-bond donors (Lipinski definition) is 1. The Kier molecular flexibility index (Phi) is 2.82. The van der Waals surface area contributed by atoms with Crippen LogP contribution in [0.5, 0.6) is 0 Å². The Morgan fingerprint density at radius 1 is 1.32 bits per heavy atom. The van der Waals surface area contributed by atoms with Crippen LogP contribution in [0, 0.1) is 6.92 Å². The van der Waals surface area contributed by atoms with E-state index in [0.29, 0.717) is 42.6 Å². The van der Waals surface area contributed by atoms with Crippen molar-refractivity contribution in [3.63, 3.8) is 0 Å². The first-order chi connectivity index (χ1) is 10.6. The highest BCUT2D eigenvalue weighted by atomic mass is 16.5. The summed E-state index contributed by atoms with van der Waals surface area (Å²) in [6.45, 7) is 4.51. The Morgan fingerprint density at radius 2 is 2.14 bits per heavy atom. The number of rotatable bonds is 1. The standard InChI is InChI=1S/C15H16N4O3/c1-9-14(15(21)19-5-2-4-18(9)19)17-10-8-13-11(7-12(10)20)16-3-6-22-13/h7-8,20H,2-6H2,1H3/b17-10+.